The van der Waals surface area contributed by atoms with Crippen molar-refractivity contribution in [3.8, 4) is 5.75 Å². The lowest BCUT2D eigenvalue weighted by Gasteiger charge is -2.22. The molecule has 1 aromatic rings. The molecule has 19 heavy (non-hydrogen) atoms. The molecule has 0 aliphatic carbocycles. The van der Waals surface area contributed by atoms with Gasteiger partial charge in [-0.2, -0.15) is 0 Å². The van der Waals surface area contributed by atoms with E-state index in [2.05, 4.69) is 48.3 Å². The average Bonchev–Trinajstić information content (AvgIpc) is 2.69. The summed E-state index contributed by atoms with van der Waals surface area (Å²) in [5, 5.41) is 3.43. The fourth-order valence-electron chi connectivity index (χ4n) is 2.54. The Bertz CT molecular complexity index is 356. The molecule has 2 rings (SSSR count). The summed E-state index contributed by atoms with van der Waals surface area (Å²) < 4.78 is 5.89. The van der Waals surface area contributed by atoms with Crippen LogP contribution in [-0.2, 0) is 0 Å². The number of anilines is 1. The highest BCUT2D eigenvalue weighted by atomic mass is 16.5. The van der Waals surface area contributed by atoms with Gasteiger partial charge >= 0.3 is 0 Å². The predicted molar refractivity (Wildman–Crippen MR) is 81.1 cm³/mol. The van der Waals surface area contributed by atoms with Gasteiger partial charge in [-0.25, -0.2) is 0 Å². The summed E-state index contributed by atoms with van der Waals surface area (Å²) in [4.78, 5) is 2.44. The second kappa shape index (κ2) is 7.39. The van der Waals surface area contributed by atoms with Gasteiger partial charge in [-0.1, -0.05) is 13.3 Å². The Kier molecular flexibility index (Phi) is 5.52. The number of hydrogen-bond acceptors (Lipinski definition) is 3. The predicted octanol–water partition coefficient (Wildman–Crippen LogP) is 3.05. The van der Waals surface area contributed by atoms with E-state index in [0.717, 1.165) is 38.3 Å². The van der Waals surface area contributed by atoms with Crippen molar-refractivity contribution in [1.29, 1.82) is 0 Å². The smallest absolute Gasteiger partial charge is 0.119 e. The minimum atomic E-state index is 0.304. The monoisotopic (exact) mass is 262 g/mol. The fourth-order valence-corrected chi connectivity index (χ4v) is 2.54. The van der Waals surface area contributed by atoms with Crippen LogP contribution in [0.2, 0.25) is 0 Å². The van der Waals surface area contributed by atoms with Crippen molar-refractivity contribution in [2.45, 2.75) is 39.2 Å². The van der Waals surface area contributed by atoms with Crippen LogP contribution < -0.4 is 15.0 Å². The SMILES string of the molecule is CCCC(C)Oc1ccc(N2CCCNCC2)cc1. The van der Waals surface area contributed by atoms with Crippen molar-refractivity contribution in [2.75, 3.05) is 31.1 Å². The van der Waals surface area contributed by atoms with Crippen molar-refractivity contribution in [2.24, 2.45) is 0 Å². The number of rotatable bonds is 5. The Labute approximate surface area is 116 Å². The van der Waals surface area contributed by atoms with Crippen LogP contribution in [0.25, 0.3) is 0 Å². The summed E-state index contributed by atoms with van der Waals surface area (Å²) in [5.41, 5.74) is 1.30. The molecule has 106 valence electrons. The highest BCUT2D eigenvalue weighted by molar-refractivity contribution is 5.49. The Hall–Kier alpha value is -1.22. The number of ether oxygens (including phenoxy) is 1. The Balaban J connectivity index is 1.93. The zero-order valence-electron chi connectivity index (χ0n) is 12.2. The van der Waals surface area contributed by atoms with Gasteiger partial charge in [-0.15, -0.1) is 0 Å². The first kappa shape index (κ1) is 14.2. The van der Waals surface area contributed by atoms with E-state index in [1.54, 1.807) is 0 Å². The topological polar surface area (TPSA) is 24.5 Å². The molecule has 0 spiro atoms. The summed E-state index contributed by atoms with van der Waals surface area (Å²) in [7, 11) is 0. The van der Waals surface area contributed by atoms with Crippen LogP contribution >= 0.6 is 0 Å². The zero-order chi connectivity index (χ0) is 13.5. The molecule has 1 aromatic carbocycles. The molecule has 0 aromatic heterocycles. The van der Waals surface area contributed by atoms with Gasteiger partial charge in [0, 0.05) is 25.3 Å². The summed E-state index contributed by atoms with van der Waals surface area (Å²) in [6, 6.07) is 8.55. The van der Waals surface area contributed by atoms with E-state index in [9.17, 15) is 0 Å². The third kappa shape index (κ3) is 4.43. The lowest BCUT2D eigenvalue weighted by Crippen LogP contribution is -2.27. The van der Waals surface area contributed by atoms with Crippen LogP contribution in [0, 0.1) is 0 Å². The Morgan fingerprint density at radius 1 is 1.21 bits per heavy atom. The third-order valence-electron chi connectivity index (χ3n) is 3.57. The molecular formula is C16H26N2O. The quantitative estimate of drug-likeness (QED) is 0.882. The lowest BCUT2D eigenvalue weighted by atomic mass is 10.2. The summed E-state index contributed by atoms with van der Waals surface area (Å²) in [6.45, 7) is 8.76. The molecule has 1 aliphatic heterocycles. The van der Waals surface area contributed by atoms with Gasteiger partial charge in [0.1, 0.15) is 5.75 Å². The average molecular weight is 262 g/mol. The lowest BCUT2D eigenvalue weighted by molar-refractivity contribution is 0.210. The normalized spacial score (nSPS) is 17.9. The van der Waals surface area contributed by atoms with Crippen molar-refractivity contribution in [3.05, 3.63) is 24.3 Å². The molecule has 1 aliphatic rings. The van der Waals surface area contributed by atoms with Gasteiger partial charge in [0.05, 0.1) is 6.10 Å². The maximum Gasteiger partial charge on any atom is 0.119 e. The molecule has 3 nitrogen and oxygen atoms in total. The first-order chi connectivity index (χ1) is 9.29. The molecule has 1 atom stereocenters. The molecule has 1 N–H and O–H groups in total. The van der Waals surface area contributed by atoms with E-state index >= 15 is 0 Å². The molecule has 1 heterocycles. The third-order valence-corrected chi connectivity index (χ3v) is 3.57. The van der Waals surface area contributed by atoms with Gasteiger partial charge in [0.15, 0.2) is 0 Å². The van der Waals surface area contributed by atoms with Gasteiger partial charge in [0.2, 0.25) is 0 Å². The number of benzene rings is 1. The Morgan fingerprint density at radius 2 is 2.00 bits per heavy atom. The van der Waals surface area contributed by atoms with Crippen LogP contribution in [-0.4, -0.2) is 32.3 Å². The number of nitrogens with zero attached hydrogens (tertiary/aromatic N) is 1. The van der Waals surface area contributed by atoms with Crippen LogP contribution in [0.1, 0.15) is 33.1 Å². The minimum absolute atomic E-state index is 0.304. The molecule has 0 bridgehead atoms. The van der Waals surface area contributed by atoms with E-state index in [0.29, 0.717) is 6.10 Å². The summed E-state index contributed by atoms with van der Waals surface area (Å²) >= 11 is 0. The fraction of sp³-hybridized carbons (Fsp3) is 0.625. The van der Waals surface area contributed by atoms with Gasteiger partial charge in [-0.3, -0.25) is 0 Å². The first-order valence-corrected chi connectivity index (χ1v) is 7.52. The molecule has 3 heteroatoms. The van der Waals surface area contributed by atoms with Crippen LogP contribution in [0.5, 0.6) is 5.75 Å². The van der Waals surface area contributed by atoms with Crippen molar-refractivity contribution >= 4 is 5.69 Å². The van der Waals surface area contributed by atoms with Crippen LogP contribution in [0.3, 0.4) is 0 Å². The van der Waals surface area contributed by atoms with E-state index < -0.39 is 0 Å². The Morgan fingerprint density at radius 3 is 2.74 bits per heavy atom. The first-order valence-electron chi connectivity index (χ1n) is 7.52. The van der Waals surface area contributed by atoms with Crippen LogP contribution in [0.15, 0.2) is 24.3 Å². The summed E-state index contributed by atoms with van der Waals surface area (Å²) in [6.07, 6.45) is 3.80. The van der Waals surface area contributed by atoms with Crippen LogP contribution in [0.4, 0.5) is 5.69 Å². The van der Waals surface area contributed by atoms with Gasteiger partial charge < -0.3 is 15.0 Å². The van der Waals surface area contributed by atoms with Crippen molar-refractivity contribution in [3.63, 3.8) is 0 Å². The van der Waals surface area contributed by atoms with E-state index in [1.165, 1.54) is 18.5 Å². The van der Waals surface area contributed by atoms with E-state index in [1.807, 2.05) is 0 Å². The second-order valence-electron chi connectivity index (χ2n) is 5.30. The highest BCUT2D eigenvalue weighted by Gasteiger charge is 2.09. The molecular weight excluding hydrogens is 236 g/mol. The molecule has 0 saturated carbocycles. The van der Waals surface area contributed by atoms with E-state index in [4.69, 9.17) is 4.74 Å². The molecule has 1 unspecified atom stereocenters. The maximum absolute atomic E-state index is 5.89. The molecule has 0 radical (unpaired) electrons. The zero-order valence-corrected chi connectivity index (χ0v) is 12.2. The molecule has 1 fully saturated rings. The minimum Gasteiger partial charge on any atom is -0.491 e. The second-order valence-corrected chi connectivity index (χ2v) is 5.30. The maximum atomic E-state index is 5.89. The molecule has 1 saturated heterocycles. The van der Waals surface area contributed by atoms with E-state index in [-0.39, 0.29) is 0 Å². The largest absolute Gasteiger partial charge is 0.491 e. The standard InChI is InChI=1S/C16H26N2O/c1-3-5-14(2)19-16-8-6-15(7-9-16)18-12-4-10-17-11-13-18/h6-9,14,17H,3-5,10-13H2,1-2H3. The van der Waals surface area contributed by atoms with Crippen molar-refractivity contribution in [1.82, 2.24) is 5.32 Å². The number of hydrogen-bond donors (Lipinski definition) is 1. The van der Waals surface area contributed by atoms with Gasteiger partial charge in [-0.05, 0) is 50.6 Å². The van der Waals surface area contributed by atoms with Crippen molar-refractivity contribution < 1.29 is 4.74 Å². The summed E-state index contributed by atoms with van der Waals surface area (Å²) in [5.74, 6) is 0.984. The molecule has 0 amide bonds. The van der Waals surface area contributed by atoms with Gasteiger partial charge in [0.25, 0.3) is 0 Å². The highest BCUT2D eigenvalue weighted by Crippen LogP contribution is 2.21. The number of nitrogens with one attached hydrogen (secondary N) is 1.